The highest BCUT2D eigenvalue weighted by atomic mass is 16.5. The molecule has 1 heterocycles. The van der Waals surface area contributed by atoms with Crippen molar-refractivity contribution in [2.75, 3.05) is 13.2 Å². The van der Waals surface area contributed by atoms with Gasteiger partial charge in [0.25, 0.3) is 0 Å². The molecule has 3 atom stereocenters. The van der Waals surface area contributed by atoms with Gasteiger partial charge in [-0.15, -0.1) is 0 Å². The molecular weight excluding hydrogens is 234 g/mol. The Kier molecular flexibility index (Phi) is 4.58. The molecule has 102 valence electrons. The van der Waals surface area contributed by atoms with E-state index in [1.807, 2.05) is 0 Å². The van der Waals surface area contributed by atoms with Gasteiger partial charge in [0, 0.05) is 31.0 Å². The Balaban J connectivity index is 1.83. The minimum Gasteiger partial charge on any atom is -0.550 e. The number of carboxylic acid groups (broad SMARTS) is 1. The van der Waals surface area contributed by atoms with Crippen LogP contribution in [0.4, 0.5) is 0 Å². The fourth-order valence-electron chi connectivity index (χ4n) is 2.88. The quantitative estimate of drug-likeness (QED) is 0.756. The number of carboxylic acids is 1. The Morgan fingerprint density at radius 1 is 1.11 bits per heavy atom. The molecule has 0 spiro atoms. The van der Waals surface area contributed by atoms with Crippen molar-refractivity contribution in [2.24, 2.45) is 11.8 Å². The Bertz CT molecular complexity index is 312. The van der Waals surface area contributed by atoms with Gasteiger partial charge in [-0.25, -0.2) is 0 Å². The van der Waals surface area contributed by atoms with Crippen LogP contribution in [-0.4, -0.2) is 31.1 Å². The molecule has 18 heavy (non-hydrogen) atoms. The minimum atomic E-state index is -1.09. The highest BCUT2D eigenvalue weighted by molar-refractivity contribution is 5.84. The summed E-state index contributed by atoms with van der Waals surface area (Å²) in [6.07, 6.45) is 5.09. The van der Waals surface area contributed by atoms with Gasteiger partial charge in [-0.1, -0.05) is 12.8 Å². The van der Waals surface area contributed by atoms with E-state index in [-0.39, 0.29) is 12.0 Å². The van der Waals surface area contributed by atoms with E-state index in [2.05, 4.69) is 5.32 Å². The topological polar surface area (TPSA) is 78.5 Å². The van der Waals surface area contributed by atoms with Crippen LogP contribution in [-0.2, 0) is 14.3 Å². The molecule has 0 bridgehead atoms. The molecule has 2 rings (SSSR count). The molecule has 0 unspecified atom stereocenters. The van der Waals surface area contributed by atoms with Gasteiger partial charge >= 0.3 is 0 Å². The molecular formula is C13H20NO4-. The van der Waals surface area contributed by atoms with Crippen LogP contribution in [0.25, 0.3) is 0 Å². The van der Waals surface area contributed by atoms with E-state index in [1.165, 1.54) is 0 Å². The maximum absolute atomic E-state index is 12.0. The minimum absolute atomic E-state index is 0.0962. The number of rotatable bonds is 4. The van der Waals surface area contributed by atoms with Crippen LogP contribution >= 0.6 is 0 Å². The second kappa shape index (κ2) is 6.18. The maximum Gasteiger partial charge on any atom is 0.223 e. The van der Waals surface area contributed by atoms with Crippen molar-refractivity contribution >= 4 is 11.9 Å². The predicted molar refractivity (Wildman–Crippen MR) is 62.4 cm³/mol. The number of carbonyl (C=O) groups excluding carboxylic acids is 2. The predicted octanol–water partition coefficient (Wildman–Crippen LogP) is -0.162. The van der Waals surface area contributed by atoms with E-state index in [0.717, 1.165) is 32.3 Å². The first-order chi connectivity index (χ1) is 8.68. The fourth-order valence-corrected chi connectivity index (χ4v) is 2.88. The SMILES string of the molecule is O=C(NC[C@@H]1CCCO1)[C@H]1CCCC[C@H]1C(=O)[O-]. The normalized spacial score (nSPS) is 32.1. The van der Waals surface area contributed by atoms with Crippen molar-refractivity contribution in [3.63, 3.8) is 0 Å². The van der Waals surface area contributed by atoms with Crippen LogP contribution in [0.1, 0.15) is 38.5 Å². The summed E-state index contributed by atoms with van der Waals surface area (Å²) < 4.78 is 5.42. The van der Waals surface area contributed by atoms with Crippen molar-refractivity contribution in [2.45, 2.75) is 44.6 Å². The second-order valence-corrected chi connectivity index (χ2v) is 5.20. The fraction of sp³-hybridized carbons (Fsp3) is 0.846. The summed E-state index contributed by atoms with van der Waals surface area (Å²) in [5.74, 6) is -2.29. The lowest BCUT2D eigenvalue weighted by molar-refractivity contribution is -0.314. The van der Waals surface area contributed by atoms with E-state index in [9.17, 15) is 14.7 Å². The van der Waals surface area contributed by atoms with E-state index >= 15 is 0 Å². The number of amides is 1. The number of ether oxygens (including phenoxy) is 1. The van der Waals surface area contributed by atoms with Gasteiger partial charge < -0.3 is 20.0 Å². The van der Waals surface area contributed by atoms with Gasteiger partial charge in [-0.05, 0) is 25.7 Å². The monoisotopic (exact) mass is 254 g/mol. The zero-order valence-electron chi connectivity index (χ0n) is 10.5. The van der Waals surface area contributed by atoms with Gasteiger partial charge in [0.05, 0.1) is 6.10 Å². The zero-order valence-corrected chi connectivity index (χ0v) is 10.5. The van der Waals surface area contributed by atoms with Crippen molar-refractivity contribution in [1.82, 2.24) is 5.32 Å². The summed E-state index contributed by atoms with van der Waals surface area (Å²) in [4.78, 5) is 23.0. The summed E-state index contributed by atoms with van der Waals surface area (Å²) in [6, 6.07) is 0. The molecule has 0 radical (unpaired) electrons. The van der Waals surface area contributed by atoms with Crippen LogP contribution in [0.5, 0.6) is 0 Å². The Morgan fingerprint density at radius 2 is 1.83 bits per heavy atom. The van der Waals surface area contributed by atoms with Crippen LogP contribution in [0.3, 0.4) is 0 Å². The third-order valence-corrected chi connectivity index (χ3v) is 3.93. The molecule has 0 aromatic rings. The smallest absolute Gasteiger partial charge is 0.223 e. The molecule has 2 fully saturated rings. The molecule has 1 aliphatic heterocycles. The maximum atomic E-state index is 12.0. The number of nitrogens with one attached hydrogen (secondary N) is 1. The summed E-state index contributed by atoms with van der Waals surface area (Å²) >= 11 is 0. The zero-order chi connectivity index (χ0) is 13.0. The summed E-state index contributed by atoms with van der Waals surface area (Å²) in [7, 11) is 0. The van der Waals surface area contributed by atoms with Gasteiger partial charge in [0.15, 0.2) is 0 Å². The van der Waals surface area contributed by atoms with Crippen molar-refractivity contribution < 1.29 is 19.4 Å². The largest absolute Gasteiger partial charge is 0.550 e. The number of carbonyl (C=O) groups is 2. The lowest BCUT2D eigenvalue weighted by atomic mass is 9.78. The molecule has 0 aromatic carbocycles. The Morgan fingerprint density at radius 3 is 2.44 bits per heavy atom. The lowest BCUT2D eigenvalue weighted by Crippen LogP contribution is -2.45. The number of hydrogen-bond donors (Lipinski definition) is 1. The average Bonchev–Trinajstić information content (AvgIpc) is 2.89. The van der Waals surface area contributed by atoms with Gasteiger partial charge in [-0.3, -0.25) is 4.79 Å². The summed E-state index contributed by atoms with van der Waals surface area (Å²) in [5, 5.41) is 13.8. The first kappa shape index (κ1) is 13.3. The van der Waals surface area contributed by atoms with E-state index in [1.54, 1.807) is 0 Å². The molecule has 1 aliphatic carbocycles. The molecule has 0 aromatic heterocycles. The molecule has 1 saturated carbocycles. The molecule has 1 amide bonds. The standard InChI is InChI=1S/C13H21NO4/c15-12(14-8-9-4-3-7-18-9)10-5-1-2-6-11(10)13(16)17/h9-11H,1-8H2,(H,14,15)(H,16,17)/p-1/t9-,10-,11+/m0/s1. The Hall–Kier alpha value is -1.10. The van der Waals surface area contributed by atoms with Gasteiger partial charge in [0.2, 0.25) is 5.91 Å². The van der Waals surface area contributed by atoms with Crippen LogP contribution in [0.2, 0.25) is 0 Å². The first-order valence-electron chi connectivity index (χ1n) is 6.78. The van der Waals surface area contributed by atoms with E-state index < -0.39 is 17.8 Å². The highest BCUT2D eigenvalue weighted by Gasteiger charge is 2.32. The summed E-state index contributed by atoms with van der Waals surface area (Å²) in [6.45, 7) is 1.25. The van der Waals surface area contributed by atoms with E-state index in [4.69, 9.17) is 4.74 Å². The van der Waals surface area contributed by atoms with E-state index in [0.29, 0.717) is 19.4 Å². The van der Waals surface area contributed by atoms with Gasteiger partial charge in [-0.2, -0.15) is 0 Å². The number of hydrogen-bond acceptors (Lipinski definition) is 4. The summed E-state index contributed by atoms with van der Waals surface area (Å²) in [5.41, 5.74) is 0. The first-order valence-corrected chi connectivity index (χ1v) is 6.78. The van der Waals surface area contributed by atoms with Crippen LogP contribution in [0.15, 0.2) is 0 Å². The Labute approximate surface area is 107 Å². The van der Waals surface area contributed by atoms with Crippen LogP contribution in [0, 0.1) is 11.8 Å². The molecule has 5 nitrogen and oxygen atoms in total. The molecule has 5 heteroatoms. The molecule has 1 N–H and O–H groups in total. The lowest BCUT2D eigenvalue weighted by Gasteiger charge is -2.31. The van der Waals surface area contributed by atoms with Crippen molar-refractivity contribution in [1.29, 1.82) is 0 Å². The van der Waals surface area contributed by atoms with Crippen molar-refractivity contribution in [3.8, 4) is 0 Å². The third-order valence-electron chi connectivity index (χ3n) is 3.93. The molecule has 2 aliphatic rings. The number of aliphatic carboxylic acids is 1. The average molecular weight is 254 g/mol. The molecule has 1 saturated heterocycles. The van der Waals surface area contributed by atoms with Crippen molar-refractivity contribution in [3.05, 3.63) is 0 Å². The highest BCUT2D eigenvalue weighted by Crippen LogP contribution is 2.29. The van der Waals surface area contributed by atoms with Gasteiger partial charge in [0.1, 0.15) is 0 Å². The second-order valence-electron chi connectivity index (χ2n) is 5.20. The van der Waals surface area contributed by atoms with Crippen LogP contribution < -0.4 is 10.4 Å². The third kappa shape index (κ3) is 3.22.